The van der Waals surface area contributed by atoms with Gasteiger partial charge in [0.1, 0.15) is 6.33 Å². The third-order valence-electron chi connectivity index (χ3n) is 2.76. The summed E-state index contributed by atoms with van der Waals surface area (Å²) in [6.45, 7) is 1.84. The highest BCUT2D eigenvalue weighted by Gasteiger charge is 2.13. The van der Waals surface area contributed by atoms with Gasteiger partial charge < -0.3 is 10.5 Å². The first-order valence-corrected chi connectivity index (χ1v) is 7.00. The number of rotatable bonds is 2. The van der Waals surface area contributed by atoms with Crippen LogP contribution >= 0.6 is 22.6 Å². The van der Waals surface area contributed by atoms with Crippen molar-refractivity contribution >= 4 is 34.1 Å². The molecule has 0 bridgehead atoms. The summed E-state index contributed by atoms with van der Waals surface area (Å²) in [4.78, 5) is 8.28. The average molecular weight is 392 g/mol. The van der Waals surface area contributed by atoms with E-state index >= 15 is 0 Å². The molecule has 0 saturated heterocycles. The van der Waals surface area contributed by atoms with E-state index in [9.17, 15) is 0 Å². The van der Waals surface area contributed by atoms with Crippen molar-refractivity contribution < 1.29 is 4.74 Å². The van der Waals surface area contributed by atoms with E-state index in [1.165, 1.54) is 10.8 Å². The molecule has 0 amide bonds. The largest absolute Gasteiger partial charge is 0.436 e. The number of fused-ring (bicyclic) bond motifs is 1. The van der Waals surface area contributed by atoms with E-state index in [1.54, 1.807) is 18.2 Å². The number of nitriles is 1. The summed E-state index contributed by atoms with van der Waals surface area (Å²) in [6.07, 6.45) is 1.40. The van der Waals surface area contributed by atoms with Crippen LogP contribution in [0.4, 0.5) is 5.69 Å². The van der Waals surface area contributed by atoms with Crippen LogP contribution in [-0.4, -0.2) is 19.6 Å². The Balaban J connectivity index is 2.11. The van der Waals surface area contributed by atoms with Gasteiger partial charge in [0.15, 0.2) is 5.75 Å². The summed E-state index contributed by atoms with van der Waals surface area (Å²) in [7, 11) is 0. The Morgan fingerprint density at radius 2 is 2.19 bits per heavy atom. The van der Waals surface area contributed by atoms with E-state index in [4.69, 9.17) is 15.7 Å². The van der Waals surface area contributed by atoms with Crippen molar-refractivity contribution in [2.24, 2.45) is 0 Å². The smallest absolute Gasteiger partial charge is 0.255 e. The van der Waals surface area contributed by atoms with Gasteiger partial charge in [0.2, 0.25) is 5.88 Å². The minimum Gasteiger partial charge on any atom is -0.436 e. The highest BCUT2D eigenvalue weighted by atomic mass is 127. The van der Waals surface area contributed by atoms with Crippen LogP contribution in [0.5, 0.6) is 11.6 Å². The Hall–Kier alpha value is -2.41. The van der Waals surface area contributed by atoms with Gasteiger partial charge in [0.05, 0.1) is 20.9 Å². The molecule has 104 valence electrons. The molecule has 0 aliphatic rings. The van der Waals surface area contributed by atoms with Crippen molar-refractivity contribution in [3.8, 4) is 17.7 Å². The predicted molar refractivity (Wildman–Crippen MR) is 83.9 cm³/mol. The van der Waals surface area contributed by atoms with Gasteiger partial charge >= 0.3 is 0 Å². The molecular formula is C13H9IN6O. The van der Waals surface area contributed by atoms with Crippen LogP contribution < -0.4 is 10.5 Å². The van der Waals surface area contributed by atoms with Crippen molar-refractivity contribution in [3.05, 3.63) is 39.4 Å². The maximum atomic E-state index is 8.94. The molecular weight excluding hydrogens is 383 g/mol. The normalized spacial score (nSPS) is 10.5. The molecule has 2 aromatic heterocycles. The Labute approximate surface area is 133 Å². The molecule has 7 nitrogen and oxygen atoms in total. The zero-order valence-electron chi connectivity index (χ0n) is 10.9. The third kappa shape index (κ3) is 2.47. The van der Waals surface area contributed by atoms with Crippen LogP contribution in [0.1, 0.15) is 11.3 Å². The summed E-state index contributed by atoms with van der Waals surface area (Å²) in [5.41, 5.74) is 7.60. The molecule has 0 radical (unpaired) electrons. The van der Waals surface area contributed by atoms with E-state index in [2.05, 4.69) is 43.7 Å². The lowest BCUT2D eigenvalue weighted by molar-refractivity contribution is 0.444. The first-order chi connectivity index (χ1) is 10.1. The highest BCUT2D eigenvalue weighted by molar-refractivity contribution is 14.1. The topological polar surface area (TPSA) is 102 Å². The summed E-state index contributed by atoms with van der Waals surface area (Å²) < 4.78 is 8.10. The molecule has 8 heteroatoms. The fourth-order valence-corrected chi connectivity index (χ4v) is 2.62. The van der Waals surface area contributed by atoms with Crippen molar-refractivity contribution in [1.29, 1.82) is 5.26 Å². The number of hydrogen-bond donors (Lipinski definition) is 1. The predicted octanol–water partition coefficient (Wildman–Crippen LogP) is 2.28. The van der Waals surface area contributed by atoms with Gasteiger partial charge in [0, 0.05) is 11.8 Å². The molecule has 3 aromatic rings. The number of benzene rings is 1. The van der Waals surface area contributed by atoms with Crippen LogP contribution in [0.2, 0.25) is 0 Å². The molecule has 0 spiro atoms. The van der Waals surface area contributed by atoms with Crippen LogP contribution in [0.3, 0.4) is 0 Å². The summed E-state index contributed by atoms with van der Waals surface area (Å²) >= 11 is 2.08. The first kappa shape index (κ1) is 13.6. The summed E-state index contributed by atoms with van der Waals surface area (Å²) in [5, 5.41) is 13.0. The minimum absolute atomic E-state index is 0.390. The lowest BCUT2D eigenvalue weighted by Gasteiger charge is -2.12. The summed E-state index contributed by atoms with van der Waals surface area (Å²) in [5.74, 6) is 1.40. The van der Waals surface area contributed by atoms with E-state index < -0.39 is 0 Å². The van der Waals surface area contributed by atoms with Gasteiger partial charge in [-0.3, -0.25) is 0 Å². The number of aromatic nitrogens is 4. The van der Waals surface area contributed by atoms with Crippen molar-refractivity contribution in [1.82, 2.24) is 19.6 Å². The summed E-state index contributed by atoms with van der Waals surface area (Å²) in [6, 6.07) is 7.08. The fraction of sp³-hybridized carbons (Fsp3) is 0.0769. The van der Waals surface area contributed by atoms with Gasteiger partial charge in [-0.15, -0.1) is 0 Å². The quantitative estimate of drug-likeness (QED) is 0.530. The molecule has 2 heterocycles. The Morgan fingerprint density at radius 3 is 2.90 bits per heavy atom. The second-order valence-corrected chi connectivity index (χ2v) is 5.46. The molecule has 3 rings (SSSR count). The molecule has 1 aromatic carbocycles. The van der Waals surface area contributed by atoms with Crippen molar-refractivity contribution in [3.63, 3.8) is 0 Å². The average Bonchev–Trinajstić information content (AvgIpc) is 2.90. The zero-order chi connectivity index (χ0) is 15.0. The number of nitrogen functional groups attached to an aromatic ring is 1. The van der Waals surface area contributed by atoms with Gasteiger partial charge in [0.25, 0.3) is 5.78 Å². The maximum Gasteiger partial charge on any atom is 0.255 e. The van der Waals surface area contributed by atoms with Gasteiger partial charge in [-0.05, 0) is 41.6 Å². The van der Waals surface area contributed by atoms with Crippen molar-refractivity contribution in [2.45, 2.75) is 6.92 Å². The van der Waals surface area contributed by atoms with Crippen molar-refractivity contribution in [2.75, 3.05) is 5.73 Å². The van der Waals surface area contributed by atoms with Gasteiger partial charge in [-0.2, -0.15) is 19.9 Å². The highest BCUT2D eigenvalue weighted by Crippen LogP contribution is 2.33. The number of hydrogen-bond acceptors (Lipinski definition) is 6. The third-order valence-corrected chi connectivity index (χ3v) is 3.56. The Bertz CT molecular complexity index is 859. The molecule has 21 heavy (non-hydrogen) atoms. The molecule has 0 atom stereocenters. The van der Waals surface area contributed by atoms with Crippen LogP contribution in [0.25, 0.3) is 5.78 Å². The van der Waals surface area contributed by atoms with Crippen LogP contribution in [0, 0.1) is 21.8 Å². The Morgan fingerprint density at radius 1 is 1.38 bits per heavy atom. The number of nitrogens with two attached hydrogens (primary N) is 1. The number of ether oxygens (including phenoxy) is 1. The Kier molecular flexibility index (Phi) is 3.34. The number of nitrogens with zero attached hydrogens (tertiary/aromatic N) is 5. The first-order valence-electron chi connectivity index (χ1n) is 5.93. The maximum absolute atomic E-state index is 8.94. The lowest BCUT2D eigenvalue weighted by atomic mass is 10.2. The fourth-order valence-electron chi connectivity index (χ4n) is 1.86. The van der Waals surface area contributed by atoms with Gasteiger partial charge in [-0.1, -0.05) is 0 Å². The van der Waals surface area contributed by atoms with Crippen LogP contribution in [-0.2, 0) is 0 Å². The van der Waals surface area contributed by atoms with Gasteiger partial charge in [-0.25, -0.2) is 4.98 Å². The molecule has 0 saturated carbocycles. The van der Waals surface area contributed by atoms with E-state index in [0.717, 1.165) is 9.26 Å². The van der Waals surface area contributed by atoms with E-state index in [-0.39, 0.29) is 0 Å². The van der Waals surface area contributed by atoms with E-state index in [1.807, 2.05) is 6.92 Å². The molecule has 0 aliphatic heterocycles. The number of aryl methyl sites for hydroxylation is 1. The minimum atomic E-state index is 0.390. The standard InChI is InChI=1S/C13H9IN6O/c1-7-2-11(20-13(19-7)17-6-18-20)21-12-9(14)3-8(5-15)4-10(12)16/h2-4,6H,16H2,1H3. The zero-order valence-corrected chi connectivity index (χ0v) is 13.1. The number of anilines is 1. The van der Waals surface area contributed by atoms with E-state index in [0.29, 0.717) is 28.7 Å². The molecule has 0 unspecified atom stereocenters. The SMILES string of the molecule is Cc1cc(Oc2c(N)cc(C#N)cc2I)n2ncnc2n1. The second kappa shape index (κ2) is 5.17. The second-order valence-electron chi connectivity index (χ2n) is 4.30. The molecule has 0 fully saturated rings. The molecule has 2 N–H and O–H groups in total. The molecule has 0 aliphatic carbocycles. The monoisotopic (exact) mass is 392 g/mol. The lowest BCUT2D eigenvalue weighted by Crippen LogP contribution is -2.02. The number of halogens is 1. The van der Waals surface area contributed by atoms with Crippen LogP contribution in [0.15, 0.2) is 24.5 Å².